The lowest BCUT2D eigenvalue weighted by Gasteiger charge is -2.15. The maximum atomic E-state index is 12.2. The lowest BCUT2D eigenvalue weighted by molar-refractivity contribution is 0.696. The van der Waals surface area contributed by atoms with E-state index in [4.69, 9.17) is 0 Å². The molecule has 98 valence electrons. The van der Waals surface area contributed by atoms with Crippen molar-refractivity contribution in [2.45, 2.75) is 31.8 Å². The molecule has 1 aliphatic rings. The summed E-state index contributed by atoms with van der Waals surface area (Å²) in [5, 5.41) is 3.18. The molecule has 1 aliphatic carbocycles. The van der Waals surface area contributed by atoms with Gasteiger partial charge in [0.1, 0.15) is 0 Å². The fraction of sp³-hybridized carbons (Fsp3) is 0.357. The molecule has 0 aromatic carbocycles. The molecule has 1 saturated carbocycles. The van der Waals surface area contributed by atoms with Gasteiger partial charge in [-0.2, -0.15) is 0 Å². The highest BCUT2D eigenvalue weighted by molar-refractivity contribution is 5.35. The Morgan fingerprint density at radius 3 is 2.74 bits per heavy atom. The molecule has 0 bridgehead atoms. The van der Waals surface area contributed by atoms with Crippen molar-refractivity contribution in [1.29, 1.82) is 0 Å². The van der Waals surface area contributed by atoms with E-state index in [1.54, 1.807) is 29.4 Å². The number of hydrogen-bond donors (Lipinski definition) is 1. The smallest absolute Gasteiger partial charge is 0.293 e. The summed E-state index contributed by atoms with van der Waals surface area (Å²) in [5.74, 6) is 0.415. The second kappa shape index (κ2) is 4.84. The van der Waals surface area contributed by atoms with E-state index in [9.17, 15) is 4.79 Å². The van der Waals surface area contributed by atoms with Crippen LogP contribution in [0.5, 0.6) is 0 Å². The molecule has 0 amide bonds. The molecular weight excluding hydrogens is 240 g/mol. The first kappa shape index (κ1) is 11.9. The van der Waals surface area contributed by atoms with Crippen molar-refractivity contribution in [2.24, 2.45) is 0 Å². The van der Waals surface area contributed by atoms with Gasteiger partial charge in [0, 0.05) is 30.8 Å². The molecule has 5 nitrogen and oxygen atoms in total. The van der Waals surface area contributed by atoms with E-state index < -0.39 is 0 Å². The number of hydrogen-bond acceptors (Lipinski definition) is 4. The third kappa shape index (κ3) is 2.50. The van der Waals surface area contributed by atoms with E-state index in [-0.39, 0.29) is 11.6 Å². The molecular formula is C14H16N4O. The third-order valence-corrected chi connectivity index (χ3v) is 3.37. The van der Waals surface area contributed by atoms with Gasteiger partial charge in [0.25, 0.3) is 5.56 Å². The van der Waals surface area contributed by atoms with Gasteiger partial charge in [0.15, 0.2) is 5.82 Å². The average Bonchev–Trinajstić information content (AvgIpc) is 3.26. The molecule has 5 heteroatoms. The summed E-state index contributed by atoms with van der Waals surface area (Å²) in [7, 11) is 0. The predicted octanol–water partition coefficient (Wildman–Crippen LogP) is 2.15. The Kier molecular flexibility index (Phi) is 3.03. The molecule has 2 aromatic rings. The molecule has 0 radical (unpaired) electrons. The summed E-state index contributed by atoms with van der Waals surface area (Å²) in [6, 6.07) is 4.26. The van der Waals surface area contributed by atoms with Gasteiger partial charge in [0.05, 0.1) is 6.04 Å². The first-order valence-corrected chi connectivity index (χ1v) is 6.49. The molecule has 0 aliphatic heterocycles. The number of pyridine rings is 1. The number of aromatic nitrogens is 3. The second-order valence-electron chi connectivity index (χ2n) is 4.87. The molecule has 3 rings (SSSR count). The van der Waals surface area contributed by atoms with Crippen LogP contribution in [0.25, 0.3) is 0 Å². The van der Waals surface area contributed by atoms with Crippen LogP contribution in [0.3, 0.4) is 0 Å². The average molecular weight is 256 g/mol. The molecule has 1 atom stereocenters. The maximum Gasteiger partial charge on any atom is 0.293 e. The monoisotopic (exact) mass is 256 g/mol. The van der Waals surface area contributed by atoms with Gasteiger partial charge >= 0.3 is 0 Å². The SMILES string of the molecule is CC(Nc1nccn(C2CC2)c1=O)c1ccncc1. The first-order valence-electron chi connectivity index (χ1n) is 6.49. The Morgan fingerprint density at radius 1 is 1.32 bits per heavy atom. The Bertz CT molecular complexity index is 619. The lowest BCUT2D eigenvalue weighted by atomic mass is 10.1. The zero-order valence-corrected chi connectivity index (χ0v) is 10.8. The summed E-state index contributed by atoms with van der Waals surface area (Å²) in [6.45, 7) is 2.00. The van der Waals surface area contributed by atoms with Gasteiger partial charge in [-0.05, 0) is 37.5 Å². The van der Waals surface area contributed by atoms with Crippen LogP contribution >= 0.6 is 0 Å². The highest BCUT2D eigenvalue weighted by atomic mass is 16.1. The molecule has 1 N–H and O–H groups in total. The molecule has 1 unspecified atom stereocenters. The summed E-state index contributed by atoms with van der Waals surface area (Å²) in [6.07, 6.45) is 9.11. The lowest BCUT2D eigenvalue weighted by Crippen LogP contribution is -2.24. The Balaban J connectivity index is 1.84. The first-order chi connectivity index (χ1) is 9.25. The van der Waals surface area contributed by atoms with Crippen molar-refractivity contribution < 1.29 is 0 Å². The van der Waals surface area contributed by atoms with Crippen molar-refractivity contribution in [3.8, 4) is 0 Å². The van der Waals surface area contributed by atoms with E-state index in [0.717, 1.165) is 18.4 Å². The summed E-state index contributed by atoms with van der Waals surface area (Å²) in [5.41, 5.74) is 1.05. The third-order valence-electron chi connectivity index (χ3n) is 3.37. The second-order valence-corrected chi connectivity index (χ2v) is 4.87. The summed E-state index contributed by atoms with van der Waals surface area (Å²) < 4.78 is 1.77. The highest BCUT2D eigenvalue weighted by Gasteiger charge is 2.25. The number of nitrogens with one attached hydrogen (secondary N) is 1. The van der Waals surface area contributed by atoms with Gasteiger partial charge < -0.3 is 9.88 Å². The van der Waals surface area contributed by atoms with Crippen LogP contribution in [-0.4, -0.2) is 14.5 Å². The van der Waals surface area contributed by atoms with Crippen molar-refractivity contribution in [3.63, 3.8) is 0 Å². The largest absolute Gasteiger partial charge is 0.359 e. The Labute approximate surface area is 111 Å². The van der Waals surface area contributed by atoms with Crippen LogP contribution < -0.4 is 10.9 Å². The van der Waals surface area contributed by atoms with Crippen LogP contribution in [0.2, 0.25) is 0 Å². The van der Waals surface area contributed by atoms with E-state index in [1.165, 1.54) is 0 Å². The van der Waals surface area contributed by atoms with E-state index >= 15 is 0 Å². The Morgan fingerprint density at radius 2 is 2.05 bits per heavy atom. The summed E-state index contributed by atoms with van der Waals surface area (Å²) in [4.78, 5) is 20.4. The molecule has 0 spiro atoms. The van der Waals surface area contributed by atoms with Crippen LogP contribution in [0, 0.1) is 0 Å². The highest BCUT2D eigenvalue weighted by Crippen LogP contribution is 2.33. The number of anilines is 1. The minimum atomic E-state index is -0.0362. The standard InChI is InChI=1S/C14H16N4O/c1-10(11-4-6-15-7-5-11)17-13-14(19)18(9-8-16-13)12-2-3-12/h4-10,12H,2-3H2,1H3,(H,16,17). The number of rotatable bonds is 4. The molecule has 2 heterocycles. The van der Waals surface area contributed by atoms with Crippen molar-refractivity contribution in [1.82, 2.24) is 14.5 Å². The van der Waals surface area contributed by atoms with E-state index in [2.05, 4.69) is 15.3 Å². The van der Waals surface area contributed by atoms with Gasteiger partial charge in [-0.25, -0.2) is 4.98 Å². The molecule has 1 fully saturated rings. The minimum Gasteiger partial charge on any atom is -0.359 e. The van der Waals surface area contributed by atoms with E-state index in [1.807, 2.05) is 19.1 Å². The minimum absolute atomic E-state index is 0.0262. The Hall–Kier alpha value is -2.17. The van der Waals surface area contributed by atoms with Crippen molar-refractivity contribution in [3.05, 3.63) is 52.8 Å². The fourth-order valence-corrected chi connectivity index (χ4v) is 2.10. The topological polar surface area (TPSA) is 59.8 Å². The molecule has 19 heavy (non-hydrogen) atoms. The molecule has 0 saturated heterocycles. The summed E-state index contributed by atoms with van der Waals surface area (Å²) >= 11 is 0. The normalized spacial score (nSPS) is 16.1. The van der Waals surface area contributed by atoms with Gasteiger partial charge in [-0.3, -0.25) is 9.78 Å². The van der Waals surface area contributed by atoms with Crippen LogP contribution in [-0.2, 0) is 0 Å². The zero-order chi connectivity index (χ0) is 13.2. The fourth-order valence-electron chi connectivity index (χ4n) is 2.10. The van der Waals surface area contributed by atoms with E-state index in [0.29, 0.717) is 11.9 Å². The predicted molar refractivity (Wildman–Crippen MR) is 73.0 cm³/mol. The quantitative estimate of drug-likeness (QED) is 0.910. The number of nitrogens with zero attached hydrogens (tertiary/aromatic N) is 3. The van der Waals surface area contributed by atoms with Crippen molar-refractivity contribution >= 4 is 5.82 Å². The van der Waals surface area contributed by atoms with Crippen LogP contribution in [0.1, 0.15) is 37.4 Å². The van der Waals surface area contributed by atoms with Gasteiger partial charge in [0.2, 0.25) is 0 Å². The zero-order valence-electron chi connectivity index (χ0n) is 10.8. The van der Waals surface area contributed by atoms with Crippen molar-refractivity contribution in [2.75, 3.05) is 5.32 Å². The van der Waals surface area contributed by atoms with Crippen LogP contribution in [0.15, 0.2) is 41.7 Å². The van der Waals surface area contributed by atoms with Gasteiger partial charge in [-0.1, -0.05) is 0 Å². The molecule has 2 aromatic heterocycles. The van der Waals surface area contributed by atoms with Crippen LogP contribution in [0.4, 0.5) is 5.82 Å². The maximum absolute atomic E-state index is 12.2. The van der Waals surface area contributed by atoms with Gasteiger partial charge in [-0.15, -0.1) is 0 Å².